The van der Waals surface area contributed by atoms with Crippen LogP contribution in [0.1, 0.15) is 39.4 Å². The molecule has 0 aliphatic carbocycles. The monoisotopic (exact) mass is 258 g/mol. The fraction of sp³-hybridized carbons (Fsp3) is 0.571. The molecule has 0 saturated heterocycles. The molecule has 2 unspecified atom stereocenters. The van der Waals surface area contributed by atoms with Crippen molar-refractivity contribution in [3.8, 4) is 0 Å². The zero-order valence-corrected chi connectivity index (χ0v) is 11.2. The van der Waals surface area contributed by atoms with Crippen LogP contribution < -0.4 is 0 Å². The van der Waals surface area contributed by atoms with Crippen molar-refractivity contribution < 1.29 is 18.6 Å². The summed E-state index contributed by atoms with van der Waals surface area (Å²) in [7, 11) is 0. The summed E-state index contributed by atoms with van der Waals surface area (Å²) < 4.78 is 31.8. The summed E-state index contributed by atoms with van der Waals surface area (Å²) in [5.74, 6) is -1.40. The van der Waals surface area contributed by atoms with Crippen LogP contribution in [-0.2, 0) is 4.74 Å². The summed E-state index contributed by atoms with van der Waals surface area (Å²) in [4.78, 5) is 0. The number of aliphatic hydroxyl groups excluding tert-OH is 1. The first-order valence-electron chi connectivity index (χ1n) is 6.01. The molecule has 2 nitrogen and oxygen atoms in total. The van der Waals surface area contributed by atoms with Gasteiger partial charge in [0.25, 0.3) is 0 Å². The highest BCUT2D eigenvalue weighted by Gasteiger charge is 2.33. The Morgan fingerprint density at radius 3 is 2.06 bits per heavy atom. The number of halogens is 2. The molecule has 102 valence electrons. The molecule has 0 heterocycles. The molecule has 0 aromatic heterocycles. The first kappa shape index (κ1) is 15.1. The Kier molecular flexibility index (Phi) is 4.82. The predicted octanol–water partition coefficient (Wildman–Crippen LogP) is 3.45. The van der Waals surface area contributed by atoms with Crippen molar-refractivity contribution >= 4 is 0 Å². The van der Waals surface area contributed by atoms with Crippen LogP contribution in [0.4, 0.5) is 8.78 Å². The average molecular weight is 258 g/mol. The van der Waals surface area contributed by atoms with Gasteiger partial charge in [0, 0.05) is 12.7 Å². The van der Waals surface area contributed by atoms with Gasteiger partial charge in [-0.2, -0.15) is 0 Å². The Morgan fingerprint density at radius 2 is 1.67 bits per heavy atom. The fourth-order valence-electron chi connectivity index (χ4n) is 1.92. The van der Waals surface area contributed by atoms with Gasteiger partial charge in [0.05, 0.1) is 6.10 Å². The lowest BCUT2D eigenvalue weighted by atomic mass is 9.83. The molecular formula is C14H20F2O2. The number of rotatable bonds is 4. The van der Waals surface area contributed by atoms with Crippen molar-refractivity contribution in [3.05, 3.63) is 35.4 Å². The zero-order chi connectivity index (χ0) is 13.9. The van der Waals surface area contributed by atoms with Crippen molar-refractivity contribution in [2.24, 2.45) is 5.41 Å². The van der Waals surface area contributed by atoms with Crippen molar-refractivity contribution in [1.29, 1.82) is 0 Å². The van der Waals surface area contributed by atoms with Gasteiger partial charge < -0.3 is 9.84 Å². The second-order valence-electron chi connectivity index (χ2n) is 5.39. The fourth-order valence-corrected chi connectivity index (χ4v) is 1.92. The maximum absolute atomic E-state index is 13.1. The highest BCUT2D eigenvalue weighted by Crippen LogP contribution is 2.33. The van der Waals surface area contributed by atoms with Crippen LogP contribution in [0.3, 0.4) is 0 Å². The first-order chi connectivity index (χ1) is 8.25. The van der Waals surface area contributed by atoms with Crippen LogP contribution >= 0.6 is 0 Å². The SMILES string of the molecule is CCOC(C(O)c1cc(F)cc(F)c1)C(C)(C)C. The van der Waals surface area contributed by atoms with Gasteiger partial charge in [0.15, 0.2) is 0 Å². The normalized spacial score (nSPS) is 15.5. The van der Waals surface area contributed by atoms with Crippen molar-refractivity contribution in [3.63, 3.8) is 0 Å². The third-order valence-electron chi connectivity index (χ3n) is 2.71. The third kappa shape index (κ3) is 3.75. The number of ether oxygens (including phenoxy) is 1. The molecule has 1 rings (SSSR count). The Hall–Kier alpha value is -1.00. The maximum atomic E-state index is 13.1. The highest BCUT2D eigenvalue weighted by molar-refractivity contribution is 5.21. The van der Waals surface area contributed by atoms with E-state index in [2.05, 4.69) is 0 Å². The largest absolute Gasteiger partial charge is 0.386 e. The molecule has 0 spiro atoms. The van der Waals surface area contributed by atoms with E-state index in [1.807, 2.05) is 27.7 Å². The summed E-state index contributed by atoms with van der Waals surface area (Å²) in [6.45, 7) is 7.97. The molecule has 0 bridgehead atoms. The standard InChI is InChI=1S/C14H20F2O2/c1-5-18-13(14(2,3)4)12(17)9-6-10(15)8-11(16)7-9/h6-8,12-13,17H,5H2,1-4H3. The molecule has 1 aromatic rings. The lowest BCUT2D eigenvalue weighted by molar-refractivity contribution is -0.0900. The summed E-state index contributed by atoms with van der Waals surface area (Å²) in [5.41, 5.74) is -0.140. The van der Waals surface area contributed by atoms with E-state index in [1.165, 1.54) is 0 Å². The Bertz CT molecular complexity index is 379. The molecule has 1 aromatic carbocycles. The summed E-state index contributed by atoms with van der Waals surface area (Å²) in [5, 5.41) is 10.2. The van der Waals surface area contributed by atoms with E-state index in [0.717, 1.165) is 18.2 Å². The van der Waals surface area contributed by atoms with Gasteiger partial charge in [-0.05, 0) is 30.0 Å². The van der Waals surface area contributed by atoms with Crippen molar-refractivity contribution in [1.82, 2.24) is 0 Å². The zero-order valence-electron chi connectivity index (χ0n) is 11.2. The number of hydrogen-bond donors (Lipinski definition) is 1. The van der Waals surface area contributed by atoms with E-state index in [-0.39, 0.29) is 11.0 Å². The summed E-state index contributed by atoms with van der Waals surface area (Å²) in [6, 6.07) is 3.04. The van der Waals surface area contributed by atoms with Gasteiger partial charge in [-0.15, -0.1) is 0 Å². The number of benzene rings is 1. The van der Waals surface area contributed by atoms with Crippen LogP contribution in [-0.4, -0.2) is 17.8 Å². The van der Waals surface area contributed by atoms with Gasteiger partial charge in [0.1, 0.15) is 17.7 Å². The van der Waals surface area contributed by atoms with Crippen LogP contribution in [0, 0.1) is 17.0 Å². The number of hydrogen-bond acceptors (Lipinski definition) is 2. The van der Waals surface area contributed by atoms with E-state index in [0.29, 0.717) is 6.61 Å². The number of aliphatic hydroxyl groups is 1. The van der Waals surface area contributed by atoms with Crippen LogP contribution in [0.5, 0.6) is 0 Å². The van der Waals surface area contributed by atoms with E-state index >= 15 is 0 Å². The van der Waals surface area contributed by atoms with Crippen molar-refractivity contribution in [2.45, 2.75) is 39.9 Å². The van der Waals surface area contributed by atoms with E-state index in [9.17, 15) is 13.9 Å². The molecule has 0 radical (unpaired) electrons. The van der Waals surface area contributed by atoms with Crippen LogP contribution in [0.2, 0.25) is 0 Å². The molecule has 1 N–H and O–H groups in total. The minimum absolute atomic E-state index is 0.195. The Labute approximate surface area is 107 Å². The van der Waals surface area contributed by atoms with Crippen LogP contribution in [0.15, 0.2) is 18.2 Å². The van der Waals surface area contributed by atoms with E-state index in [4.69, 9.17) is 4.74 Å². The van der Waals surface area contributed by atoms with Crippen molar-refractivity contribution in [2.75, 3.05) is 6.61 Å². The second-order valence-corrected chi connectivity index (χ2v) is 5.39. The Balaban J connectivity index is 3.05. The average Bonchev–Trinajstić information content (AvgIpc) is 2.22. The topological polar surface area (TPSA) is 29.5 Å². The minimum Gasteiger partial charge on any atom is -0.386 e. The van der Waals surface area contributed by atoms with Gasteiger partial charge in [-0.25, -0.2) is 8.78 Å². The van der Waals surface area contributed by atoms with Gasteiger partial charge in [-0.1, -0.05) is 20.8 Å². The highest BCUT2D eigenvalue weighted by atomic mass is 19.1. The first-order valence-corrected chi connectivity index (χ1v) is 6.01. The molecule has 0 fully saturated rings. The second kappa shape index (κ2) is 5.76. The van der Waals surface area contributed by atoms with Gasteiger partial charge in [-0.3, -0.25) is 0 Å². The molecule has 18 heavy (non-hydrogen) atoms. The molecule has 4 heteroatoms. The maximum Gasteiger partial charge on any atom is 0.126 e. The lowest BCUT2D eigenvalue weighted by Crippen LogP contribution is -2.35. The van der Waals surface area contributed by atoms with Crippen LogP contribution in [0.25, 0.3) is 0 Å². The van der Waals surface area contributed by atoms with Gasteiger partial charge >= 0.3 is 0 Å². The van der Waals surface area contributed by atoms with E-state index in [1.54, 1.807) is 0 Å². The molecule has 0 saturated carbocycles. The lowest BCUT2D eigenvalue weighted by Gasteiger charge is -2.34. The predicted molar refractivity (Wildman–Crippen MR) is 66.2 cm³/mol. The summed E-state index contributed by atoms with van der Waals surface area (Å²) >= 11 is 0. The molecule has 0 amide bonds. The molecular weight excluding hydrogens is 238 g/mol. The Morgan fingerprint density at radius 1 is 1.17 bits per heavy atom. The minimum atomic E-state index is -1.06. The smallest absolute Gasteiger partial charge is 0.126 e. The molecule has 0 aliphatic heterocycles. The van der Waals surface area contributed by atoms with E-state index < -0.39 is 23.8 Å². The summed E-state index contributed by atoms with van der Waals surface area (Å²) in [6.07, 6.45) is -1.58. The third-order valence-corrected chi connectivity index (χ3v) is 2.71. The quantitative estimate of drug-likeness (QED) is 0.896. The molecule has 2 atom stereocenters. The molecule has 0 aliphatic rings. The van der Waals surface area contributed by atoms with Gasteiger partial charge in [0.2, 0.25) is 0 Å².